The zero-order chi connectivity index (χ0) is 21.6. The summed E-state index contributed by atoms with van der Waals surface area (Å²) >= 11 is 0. The first-order chi connectivity index (χ1) is 14.5. The summed E-state index contributed by atoms with van der Waals surface area (Å²) in [4.78, 5) is 2.41. The fourth-order valence-corrected chi connectivity index (χ4v) is 4.12. The molecule has 0 radical (unpaired) electrons. The van der Waals surface area contributed by atoms with Gasteiger partial charge in [-0.3, -0.25) is 4.90 Å². The molecule has 0 N–H and O–H groups in total. The van der Waals surface area contributed by atoms with E-state index in [2.05, 4.69) is 36.1 Å². The molecular weight excluding hydrogens is 378 g/mol. The smallest absolute Gasteiger partial charge is 0.136 e. The Labute approximate surface area is 179 Å². The molecule has 0 aliphatic heterocycles. The van der Waals surface area contributed by atoms with Crippen molar-refractivity contribution in [3.63, 3.8) is 0 Å². The number of nitrogens with zero attached hydrogens (tertiary/aromatic N) is 2. The van der Waals surface area contributed by atoms with Gasteiger partial charge < -0.3 is 0 Å². The van der Waals surface area contributed by atoms with Crippen LogP contribution in [-0.4, -0.2) is 18.0 Å². The number of hydrogen-bond donors (Lipinski definition) is 0. The highest BCUT2D eigenvalue weighted by Crippen LogP contribution is 2.55. The monoisotopic (exact) mass is 410 g/mol. The first kappa shape index (κ1) is 22.4. The summed E-state index contributed by atoms with van der Waals surface area (Å²) < 4.78 is 29.8. The van der Waals surface area contributed by atoms with Crippen LogP contribution in [0.15, 0.2) is 48.5 Å². The summed E-state index contributed by atoms with van der Waals surface area (Å²) in [6.07, 6.45) is 4.01. The van der Waals surface area contributed by atoms with Crippen LogP contribution in [0.3, 0.4) is 0 Å². The topological polar surface area (TPSA) is 27.0 Å². The minimum absolute atomic E-state index is 0.581. The van der Waals surface area contributed by atoms with Crippen molar-refractivity contribution >= 4 is 0 Å². The molecule has 0 amide bonds. The molecule has 0 bridgehead atoms. The molecule has 4 heteroatoms. The van der Waals surface area contributed by atoms with Gasteiger partial charge in [0.15, 0.2) is 0 Å². The van der Waals surface area contributed by atoms with E-state index in [9.17, 15) is 8.78 Å². The molecule has 4 rings (SSSR count). The van der Waals surface area contributed by atoms with E-state index in [0.29, 0.717) is 25.7 Å². The Morgan fingerprint density at radius 2 is 1.47 bits per heavy atom. The molecule has 2 aliphatic rings. The Kier molecular flexibility index (Phi) is 7.26. The van der Waals surface area contributed by atoms with Gasteiger partial charge >= 0.3 is 0 Å². The van der Waals surface area contributed by atoms with Crippen LogP contribution in [0.25, 0.3) is 0 Å². The van der Waals surface area contributed by atoms with E-state index in [4.69, 9.17) is 5.26 Å². The zero-order valence-corrected chi connectivity index (χ0v) is 18.1. The van der Waals surface area contributed by atoms with E-state index < -0.39 is 11.3 Å². The molecule has 0 saturated heterocycles. The summed E-state index contributed by atoms with van der Waals surface area (Å²) in [6, 6.07) is 17.8. The van der Waals surface area contributed by atoms with Gasteiger partial charge in [0, 0.05) is 13.5 Å². The molecule has 0 unspecified atom stereocenters. The minimum Gasteiger partial charge on any atom is -0.299 e. The van der Waals surface area contributed by atoms with Gasteiger partial charge in [0.05, 0.1) is 6.07 Å². The normalized spacial score (nSPS) is 17.6. The molecule has 0 aromatic heterocycles. The maximum absolute atomic E-state index is 14.9. The molecule has 2 aromatic rings. The molecular formula is C26H32F2N2. The van der Waals surface area contributed by atoms with Crippen molar-refractivity contribution in [2.45, 2.75) is 70.3 Å². The number of nitriles is 1. The summed E-state index contributed by atoms with van der Waals surface area (Å²) in [7, 11) is 0. The van der Waals surface area contributed by atoms with Crippen molar-refractivity contribution < 1.29 is 8.78 Å². The predicted octanol–water partition coefficient (Wildman–Crippen LogP) is 6.59. The van der Waals surface area contributed by atoms with Gasteiger partial charge in [0.25, 0.3) is 0 Å². The summed E-state index contributed by atoms with van der Waals surface area (Å²) in [6.45, 7) is 6.44. The van der Waals surface area contributed by atoms with Crippen LogP contribution in [0.4, 0.5) is 8.78 Å². The fraction of sp³-hybridized carbons (Fsp3) is 0.500. The Balaban J connectivity index is 0.000000806. The Hall–Kier alpha value is -2.25. The van der Waals surface area contributed by atoms with Gasteiger partial charge in [-0.15, -0.1) is 0 Å². The number of benzene rings is 2. The lowest BCUT2D eigenvalue weighted by atomic mass is 9.90. The highest BCUT2D eigenvalue weighted by atomic mass is 19.1. The van der Waals surface area contributed by atoms with Crippen LogP contribution in [-0.2, 0) is 24.3 Å². The molecule has 2 fully saturated rings. The first-order valence-corrected chi connectivity index (χ1v) is 11.0. The molecule has 160 valence electrons. The van der Waals surface area contributed by atoms with Crippen LogP contribution in [0.1, 0.15) is 68.2 Å². The number of alkyl halides is 2. The van der Waals surface area contributed by atoms with E-state index in [1.54, 1.807) is 6.07 Å². The fourth-order valence-electron chi connectivity index (χ4n) is 4.12. The van der Waals surface area contributed by atoms with Crippen molar-refractivity contribution in [1.82, 2.24) is 4.90 Å². The highest BCUT2D eigenvalue weighted by molar-refractivity contribution is 5.46. The number of hydrogen-bond acceptors (Lipinski definition) is 2. The lowest BCUT2D eigenvalue weighted by molar-refractivity contribution is 0.273. The van der Waals surface area contributed by atoms with Gasteiger partial charge in [0.2, 0.25) is 0 Å². The molecule has 30 heavy (non-hydrogen) atoms. The van der Waals surface area contributed by atoms with Crippen LogP contribution in [0.5, 0.6) is 0 Å². The molecule has 2 aromatic carbocycles. The van der Waals surface area contributed by atoms with E-state index in [-0.39, 0.29) is 0 Å². The van der Waals surface area contributed by atoms with Crippen molar-refractivity contribution in [1.29, 1.82) is 5.26 Å². The van der Waals surface area contributed by atoms with Crippen molar-refractivity contribution in [2.24, 2.45) is 0 Å². The van der Waals surface area contributed by atoms with Crippen molar-refractivity contribution in [2.75, 3.05) is 13.1 Å². The summed E-state index contributed by atoms with van der Waals surface area (Å²) in [5, 5.41) is 7.32. The molecule has 2 nitrogen and oxygen atoms in total. The second-order valence-electron chi connectivity index (χ2n) is 8.44. The average Bonchev–Trinajstić information content (AvgIpc) is 3.68. The van der Waals surface area contributed by atoms with Crippen LogP contribution < -0.4 is 0 Å². The molecule has 2 saturated carbocycles. The second kappa shape index (κ2) is 9.71. The molecule has 0 heterocycles. The van der Waals surface area contributed by atoms with Crippen LogP contribution >= 0.6 is 0 Å². The largest absolute Gasteiger partial charge is 0.299 e. The summed E-state index contributed by atoms with van der Waals surface area (Å²) in [5.74, 6) is 0. The number of rotatable bonds is 9. The highest BCUT2D eigenvalue weighted by Gasteiger charge is 2.50. The quantitative estimate of drug-likeness (QED) is 0.466. The first-order valence-electron chi connectivity index (χ1n) is 11.0. The van der Waals surface area contributed by atoms with E-state index in [1.807, 2.05) is 24.3 Å². The van der Waals surface area contributed by atoms with Gasteiger partial charge in [-0.25, -0.2) is 8.78 Å². The van der Waals surface area contributed by atoms with Gasteiger partial charge in [-0.1, -0.05) is 55.5 Å². The Bertz CT molecular complexity index is 828. The Morgan fingerprint density at radius 3 is 1.93 bits per heavy atom. The average molecular weight is 411 g/mol. The standard InChI is InChI=1S/C24H29F2N.C2H3N/c1-2-27(18-19-8-4-3-5-9-19)17-7-10-20-21(23(25)13-14-23)11-6-12-22(20)24(26)15-16-24;1-2-3/h3-6,8-9,11-12H,2,7,10,13-18H2,1H3;1H3. The van der Waals surface area contributed by atoms with Crippen molar-refractivity contribution in [3.8, 4) is 6.07 Å². The predicted molar refractivity (Wildman–Crippen MR) is 117 cm³/mol. The van der Waals surface area contributed by atoms with Crippen LogP contribution in [0.2, 0.25) is 0 Å². The second-order valence-corrected chi connectivity index (χ2v) is 8.44. The minimum atomic E-state index is -1.20. The van der Waals surface area contributed by atoms with E-state index in [1.165, 1.54) is 12.5 Å². The number of halogens is 2. The lowest BCUT2D eigenvalue weighted by Gasteiger charge is -2.23. The van der Waals surface area contributed by atoms with E-state index >= 15 is 0 Å². The lowest BCUT2D eigenvalue weighted by Crippen LogP contribution is -2.24. The molecule has 0 spiro atoms. The van der Waals surface area contributed by atoms with Gasteiger partial charge in [0.1, 0.15) is 11.3 Å². The maximum Gasteiger partial charge on any atom is 0.136 e. The third-order valence-corrected chi connectivity index (χ3v) is 6.12. The van der Waals surface area contributed by atoms with Crippen LogP contribution in [0, 0.1) is 11.3 Å². The third-order valence-electron chi connectivity index (χ3n) is 6.12. The zero-order valence-electron chi connectivity index (χ0n) is 18.1. The summed E-state index contributed by atoms with van der Waals surface area (Å²) in [5.41, 5.74) is 1.37. The third kappa shape index (κ3) is 5.46. The van der Waals surface area contributed by atoms with Gasteiger partial charge in [-0.05, 0) is 73.9 Å². The van der Waals surface area contributed by atoms with Gasteiger partial charge in [-0.2, -0.15) is 5.26 Å². The molecule has 2 aliphatic carbocycles. The molecule has 0 atom stereocenters. The Morgan fingerprint density at radius 1 is 0.933 bits per heavy atom. The maximum atomic E-state index is 14.9. The van der Waals surface area contributed by atoms with E-state index in [0.717, 1.165) is 49.2 Å². The SMILES string of the molecule is CC#N.CCN(CCCc1c(C2(F)CC2)cccc1C1(F)CC1)Cc1ccccc1. The van der Waals surface area contributed by atoms with Crippen molar-refractivity contribution in [3.05, 3.63) is 70.8 Å².